The van der Waals surface area contributed by atoms with Crippen LogP contribution in [0.1, 0.15) is 25.8 Å². The van der Waals surface area contributed by atoms with Gasteiger partial charge in [-0.3, -0.25) is 4.79 Å². The van der Waals surface area contributed by atoms with Crippen molar-refractivity contribution < 1.29 is 32.6 Å². The number of nitrogens with one attached hydrogen (secondary N) is 1. The molecule has 0 saturated carbocycles. The SMILES string of the molecule is CCC(C)C(NC(=O)COc1ccccc1C(F)(F)F)C(=O)O. The number of carbonyl (C=O) groups excluding carboxylic acids is 1. The number of para-hydroxylation sites is 1. The second kappa shape index (κ2) is 7.85. The van der Waals surface area contributed by atoms with Gasteiger partial charge in [0.1, 0.15) is 11.8 Å². The number of halogens is 3. The average Bonchev–Trinajstić information content (AvgIpc) is 2.49. The van der Waals surface area contributed by atoms with E-state index in [1.165, 1.54) is 12.1 Å². The molecule has 0 bridgehead atoms. The normalized spacial score (nSPS) is 14.0. The number of hydrogen-bond acceptors (Lipinski definition) is 3. The molecule has 128 valence electrons. The molecule has 0 spiro atoms. The maximum Gasteiger partial charge on any atom is 0.419 e. The van der Waals surface area contributed by atoms with Crippen LogP contribution in [0.15, 0.2) is 24.3 Å². The number of alkyl halides is 3. The second-order valence-corrected chi connectivity index (χ2v) is 5.05. The standard InChI is InChI=1S/C15H18F3NO4/c1-3-9(2)13(14(21)22)19-12(20)8-23-11-7-5-4-6-10(11)15(16,17)18/h4-7,9,13H,3,8H2,1-2H3,(H,19,20)(H,21,22). The van der Waals surface area contributed by atoms with Crippen LogP contribution in [0.5, 0.6) is 5.75 Å². The molecular weight excluding hydrogens is 315 g/mol. The van der Waals surface area contributed by atoms with Crippen molar-refractivity contribution in [1.29, 1.82) is 0 Å². The summed E-state index contributed by atoms with van der Waals surface area (Å²) in [5.74, 6) is -2.80. The first-order chi connectivity index (χ1) is 10.7. The summed E-state index contributed by atoms with van der Waals surface area (Å²) in [7, 11) is 0. The number of aliphatic carboxylic acids is 1. The molecule has 2 unspecified atom stereocenters. The molecule has 0 aliphatic rings. The molecular formula is C15H18F3NO4. The van der Waals surface area contributed by atoms with Crippen LogP contribution in [-0.2, 0) is 15.8 Å². The monoisotopic (exact) mass is 333 g/mol. The molecule has 0 fully saturated rings. The fraction of sp³-hybridized carbons (Fsp3) is 0.467. The van der Waals surface area contributed by atoms with E-state index >= 15 is 0 Å². The molecule has 0 saturated heterocycles. The van der Waals surface area contributed by atoms with Crippen molar-refractivity contribution in [2.24, 2.45) is 5.92 Å². The molecule has 23 heavy (non-hydrogen) atoms. The van der Waals surface area contributed by atoms with Crippen molar-refractivity contribution in [3.05, 3.63) is 29.8 Å². The average molecular weight is 333 g/mol. The van der Waals surface area contributed by atoms with Gasteiger partial charge in [0.05, 0.1) is 5.56 Å². The zero-order valence-corrected chi connectivity index (χ0v) is 12.7. The first-order valence-electron chi connectivity index (χ1n) is 6.98. The Morgan fingerprint density at radius 3 is 2.43 bits per heavy atom. The summed E-state index contributed by atoms with van der Waals surface area (Å²) in [5.41, 5.74) is -0.996. The highest BCUT2D eigenvalue weighted by Gasteiger charge is 2.34. The molecule has 1 aromatic carbocycles. The number of amides is 1. The maximum atomic E-state index is 12.8. The number of rotatable bonds is 7. The van der Waals surface area contributed by atoms with Gasteiger partial charge >= 0.3 is 12.1 Å². The van der Waals surface area contributed by atoms with Gasteiger partial charge in [-0.15, -0.1) is 0 Å². The number of carboxylic acids is 1. The molecule has 1 rings (SSSR count). The molecule has 0 heterocycles. The van der Waals surface area contributed by atoms with Crippen LogP contribution < -0.4 is 10.1 Å². The zero-order chi connectivity index (χ0) is 17.6. The Morgan fingerprint density at radius 2 is 1.91 bits per heavy atom. The highest BCUT2D eigenvalue weighted by Crippen LogP contribution is 2.35. The minimum absolute atomic E-state index is 0.320. The Hall–Kier alpha value is -2.25. The van der Waals surface area contributed by atoms with Crippen molar-refractivity contribution in [2.75, 3.05) is 6.61 Å². The van der Waals surface area contributed by atoms with Crippen LogP contribution in [-0.4, -0.2) is 29.6 Å². The molecule has 0 aliphatic heterocycles. The Bertz CT molecular complexity index is 560. The van der Waals surface area contributed by atoms with Crippen LogP contribution in [0.3, 0.4) is 0 Å². The van der Waals surface area contributed by atoms with Crippen molar-refractivity contribution in [3.8, 4) is 5.75 Å². The first-order valence-corrected chi connectivity index (χ1v) is 6.98. The largest absolute Gasteiger partial charge is 0.483 e. The minimum Gasteiger partial charge on any atom is -0.483 e. The van der Waals surface area contributed by atoms with Gasteiger partial charge in [-0.2, -0.15) is 13.2 Å². The van der Waals surface area contributed by atoms with Crippen molar-refractivity contribution in [3.63, 3.8) is 0 Å². The third kappa shape index (κ3) is 5.46. The van der Waals surface area contributed by atoms with Gasteiger partial charge in [-0.25, -0.2) is 4.79 Å². The van der Waals surface area contributed by atoms with E-state index in [1.54, 1.807) is 13.8 Å². The van der Waals surface area contributed by atoms with Gasteiger partial charge in [0, 0.05) is 0 Å². The van der Waals surface area contributed by atoms with Crippen LogP contribution in [0.4, 0.5) is 13.2 Å². The topological polar surface area (TPSA) is 75.6 Å². The smallest absolute Gasteiger partial charge is 0.419 e. The Labute approximate surface area is 131 Å². The summed E-state index contributed by atoms with van der Waals surface area (Å²) in [6, 6.07) is 3.38. The van der Waals surface area contributed by atoms with E-state index in [-0.39, 0.29) is 5.92 Å². The van der Waals surface area contributed by atoms with Gasteiger partial charge in [0.25, 0.3) is 5.91 Å². The van der Waals surface area contributed by atoms with E-state index in [0.717, 1.165) is 12.1 Å². The Balaban J connectivity index is 2.72. The summed E-state index contributed by atoms with van der Waals surface area (Å²) >= 11 is 0. The summed E-state index contributed by atoms with van der Waals surface area (Å²) in [6.45, 7) is 2.72. The predicted molar refractivity (Wildman–Crippen MR) is 76.0 cm³/mol. The fourth-order valence-electron chi connectivity index (χ4n) is 1.87. The molecule has 8 heteroatoms. The lowest BCUT2D eigenvalue weighted by molar-refractivity contribution is -0.143. The second-order valence-electron chi connectivity index (χ2n) is 5.05. The molecule has 5 nitrogen and oxygen atoms in total. The predicted octanol–water partition coefficient (Wildman–Crippen LogP) is 2.70. The van der Waals surface area contributed by atoms with Crippen LogP contribution in [0.25, 0.3) is 0 Å². The lowest BCUT2D eigenvalue weighted by Gasteiger charge is -2.20. The van der Waals surface area contributed by atoms with Crippen molar-refractivity contribution in [1.82, 2.24) is 5.32 Å². The lowest BCUT2D eigenvalue weighted by Crippen LogP contribution is -2.46. The van der Waals surface area contributed by atoms with E-state index in [2.05, 4.69) is 5.32 Å². The van der Waals surface area contributed by atoms with E-state index in [0.29, 0.717) is 6.42 Å². The Kier molecular flexibility index (Phi) is 6.41. The van der Waals surface area contributed by atoms with Gasteiger partial charge in [-0.1, -0.05) is 32.4 Å². The van der Waals surface area contributed by atoms with E-state index in [9.17, 15) is 22.8 Å². The third-order valence-electron chi connectivity index (χ3n) is 3.35. The molecule has 1 amide bonds. The molecule has 0 radical (unpaired) electrons. The van der Waals surface area contributed by atoms with Gasteiger partial charge < -0.3 is 15.2 Å². The molecule has 0 aliphatic carbocycles. The number of hydrogen-bond donors (Lipinski definition) is 2. The van der Waals surface area contributed by atoms with E-state index in [1.807, 2.05) is 0 Å². The third-order valence-corrected chi connectivity index (χ3v) is 3.35. The highest BCUT2D eigenvalue weighted by molar-refractivity contribution is 5.84. The summed E-state index contributed by atoms with van der Waals surface area (Å²) in [4.78, 5) is 22.8. The summed E-state index contributed by atoms with van der Waals surface area (Å²) in [6.07, 6.45) is -4.08. The van der Waals surface area contributed by atoms with E-state index < -0.39 is 42.0 Å². The summed E-state index contributed by atoms with van der Waals surface area (Å²) < 4.78 is 43.2. The van der Waals surface area contributed by atoms with Gasteiger partial charge in [0.15, 0.2) is 6.61 Å². The number of carboxylic acid groups (broad SMARTS) is 1. The van der Waals surface area contributed by atoms with Crippen LogP contribution in [0.2, 0.25) is 0 Å². The number of benzene rings is 1. The molecule has 2 N–H and O–H groups in total. The van der Waals surface area contributed by atoms with Crippen LogP contribution in [0, 0.1) is 5.92 Å². The van der Waals surface area contributed by atoms with Gasteiger partial charge in [-0.05, 0) is 18.1 Å². The molecule has 0 aromatic heterocycles. The first kappa shape index (κ1) is 18.8. The quantitative estimate of drug-likeness (QED) is 0.804. The molecule has 1 aromatic rings. The van der Waals surface area contributed by atoms with Crippen LogP contribution >= 0.6 is 0 Å². The minimum atomic E-state index is -4.60. The molecule has 2 atom stereocenters. The van der Waals surface area contributed by atoms with Crippen molar-refractivity contribution in [2.45, 2.75) is 32.5 Å². The van der Waals surface area contributed by atoms with E-state index in [4.69, 9.17) is 9.84 Å². The Morgan fingerprint density at radius 1 is 1.30 bits per heavy atom. The van der Waals surface area contributed by atoms with Crippen molar-refractivity contribution >= 4 is 11.9 Å². The van der Waals surface area contributed by atoms with Gasteiger partial charge in [0.2, 0.25) is 0 Å². The lowest BCUT2D eigenvalue weighted by atomic mass is 9.99. The number of ether oxygens (including phenoxy) is 1. The zero-order valence-electron chi connectivity index (χ0n) is 12.7. The number of carbonyl (C=O) groups is 2. The maximum absolute atomic E-state index is 12.8. The highest BCUT2D eigenvalue weighted by atomic mass is 19.4. The fourth-order valence-corrected chi connectivity index (χ4v) is 1.87. The summed E-state index contributed by atoms with van der Waals surface area (Å²) in [5, 5.41) is 11.3.